The first-order chi connectivity index (χ1) is 8.01. The molecule has 6 heteroatoms. The average molecular weight is 244 g/mol. The summed E-state index contributed by atoms with van der Waals surface area (Å²) in [5, 5.41) is 3.13. The van der Waals surface area contributed by atoms with Gasteiger partial charge in [0.25, 0.3) is 0 Å². The molecule has 2 amide bonds. The van der Waals surface area contributed by atoms with Crippen molar-refractivity contribution in [3.63, 3.8) is 0 Å². The molecule has 0 saturated carbocycles. The van der Waals surface area contributed by atoms with Crippen LogP contribution in [0.5, 0.6) is 0 Å². The zero-order valence-corrected chi connectivity index (χ0v) is 10.7. The number of carbonyl (C=O) groups is 2. The topological polar surface area (TPSA) is 67.9 Å². The average Bonchev–Trinajstić information content (AvgIpc) is 2.31. The third-order valence-electron chi connectivity index (χ3n) is 2.99. The number of piperidine rings is 1. The first-order valence-corrected chi connectivity index (χ1v) is 5.63. The predicted octanol–water partition coefficient (Wildman–Crippen LogP) is -0.269. The molecule has 0 aliphatic carbocycles. The first-order valence-electron chi connectivity index (χ1n) is 5.63. The quantitative estimate of drug-likeness (QED) is 0.532. The highest BCUT2D eigenvalue weighted by atomic mass is 16.7. The van der Waals surface area contributed by atoms with E-state index in [2.05, 4.69) is 5.32 Å². The summed E-state index contributed by atoms with van der Waals surface area (Å²) in [6, 6.07) is -0.471. The summed E-state index contributed by atoms with van der Waals surface area (Å²) in [4.78, 5) is 24.3. The van der Waals surface area contributed by atoms with Gasteiger partial charge in [-0.3, -0.25) is 19.8 Å². The molecule has 2 atom stereocenters. The van der Waals surface area contributed by atoms with Gasteiger partial charge in [0.05, 0.1) is 12.1 Å². The molecule has 1 rings (SSSR count). The molecule has 1 heterocycles. The van der Waals surface area contributed by atoms with E-state index in [1.54, 1.807) is 14.2 Å². The highest BCUT2D eigenvalue weighted by molar-refractivity contribution is 6.00. The van der Waals surface area contributed by atoms with E-state index in [4.69, 9.17) is 9.47 Å². The number of amides is 2. The number of likely N-dealkylation sites (tertiary alicyclic amines) is 1. The lowest BCUT2D eigenvalue weighted by atomic mass is 10.0. The molecular weight excluding hydrogens is 224 g/mol. The maximum absolute atomic E-state index is 11.8. The van der Waals surface area contributed by atoms with E-state index in [9.17, 15) is 9.59 Å². The van der Waals surface area contributed by atoms with Gasteiger partial charge in [0.15, 0.2) is 6.29 Å². The van der Waals surface area contributed by atoms with Crippen molar-refractivity contribution >= 4 is 11.8 Å². The lowest BCUT2D eigenvalue weighted by molar-refractivity contribution is -0.150. The molecule has 0 aromatic carbocycles. The summed E-state index contributed by atoms with van der Waals surface area (Å²) in [5.41, 5.74) is 0. The van der Waals surface area contributed by atoms with Crippen LogP contribution in [0.3, 0.4) is 0 Å². The van der Waals surface area contributed by atoms with Crippen LogP contribution in [-0.2, 0) is 19.1 Å². The molecule has 2 unspecified atom stereocenters. The number of carbonyl (C=O) groups excluding carboxylic acids is 2. The maximum atomic E-state index is 11.8. The van der Waals surface area contributed by atoms with Crippen LogP contribution in [0.1, 0.15) is 19.8 Å². The molecule has 1 aliphatic rings. The molecule has 1 saturated heterocycles. The van der Waals surface area contributed by atoms with Gasteiger partial charge in [0.1, 0.15) is 0 Å². The Bertz CT molecular complexity index is 291. The van der Waals surface area contributed by atoms with Gasteiger partial charge in [-0.2, -0.15) is 0 Å². The number of nitrogens with zero attached hydrogens (tertiary/aromatic N) is 1. The molecule has 98 valence electrons. The molecule has 0 aromatic heterocycles. The summed E-state index contributed by atoms with van der Waals surface area (Å²) < 4.78 is 10.2. The molecule has 0 spiro atoms. The van der Waals surface area contributed by atoms with Crippen molar-refractivity contribution in [3.8, 4) is 0 Å². The number of hydrogen-bond donors (Lipinski definition) is 1. The molecule has 0 radical (unpaired) electrons. The van der Waals surface area contributed by atoms with E-state index < -0.39 is 6.29 Å². The second kappa shape index (κ2) is 6.09. The highest BCUT2D eigenvalue weighted by Crippen LogP contribution is 2.13. The van der Waals surface area contributed by atoms with Crippen LogP contribution in [-0.4, -0.2) is 56.4 Å². The van der Waals surface area contributed by atoms with Crippen molar-refractivity contribution in [2.24, 2.45) is 0 Å². The van der Waals surface area contributed by atoms with E-state index >= 15 is 0 Å². The van der Waals surface area contributed by atoms with Crippen molar-refractivity contribution in [3.05, 3.63) is 0 Å². The normalized spacial score (nSPS) is 23.4. The van der Waals surface area contributed by atoms with Gasteiger partial charge in [0, 0.05) is 27.7 Å². The molecular formula is C11H20N2O4. The van der Waals surface area contributed by atoms with Crippen molar-refractivity contribution in [2.75, 3.05) is 21.3 Å². The molecule has 0 aromatic rings. The lowest BCUT2D eigenvalue weighted by Crippen LogP contribution is -2.55. The minimum atomic E-state index is -0.411. The van der Waals surface area contributed by atoms with Gasteiger partial charge in [-0.25, -0.2) is 0 Å². The minimum Gasteiger partial charge on any atom is -0.354 e. The van der Waals surface area contributed by atoms with Gasteiger partial charge in [-0.1, -0.05) is 0 Å². The fourth-order valence-electron chi connectivity index (χ4n) is 1.97. The zero-order valence-electron chi connectivity index (χ0n) is 10.7. The van der Waals surface area contributed by atoms with Gasteiger partial charge in [-0.05, 0) is 13.3 Å². The molecule has 17 heavy (non-hydrogen) atoms. The van der Waals surface area contributed by atoms with Crippen LogP contribution >= 0.6 is 0 Å². The molecule has 1 N–H and O–H groups in total. The van der Waals surface area contributed by atoms with Crippen LogP contribution in [0.2, 0.25) is 0 Å². The number of rotatable bonds is 5. The Kier molecular flexibility index (Phi) is 5.04. The summed E-state index contributed by atoms with van der Waals surface area (Å²) in [6.07, 6.45) is 0.495. The molecule has 1 fully saturated rings. The van der Waals surface area contributed by atoms with Crippen molar-refractivity contribution < 1.29 is 19.1 Å². The van der Waals surface area contributed by atoms with Gasteiger partial charge in [0.2, 0.25) is 11.8 Å². The minimum absolute atomic E-state index is 0.124. The Hall–Kier alpha value is -0.980. The third-order valence-corrected chi connectivity index (χ3v) is 2.99. The van der Waals surface area contributed by atoms with Gasteiger partial charge < -0.3 is 9.47 Å². The van der Waals surface area contributed by atoms with Crippen LogP contribution in [0.25, 0.3) is 0 Å². The highest BCUT2D eigenvalue weighted by Gasteiger charge is 2.33. The van der Waals surface area contributed by atoms with E-state index in [-0.39, 0.29) is 23.9 Å². The van der Waals surface area contributed by atoms with Crippen LogP contribution in [0.15, 0.2) is 0 Å². The number of likely N-dealkylation sites (N-methyl/N-ethyl adjacent to an activating group) is 1. The Labute approximate surface area is 101 Å². The van der Waals surface area contributed by atoms with Crippen LogP contribution in [0.4, 0.5) is 0 Å². The summed E-state index contributed by atoms with van der Waals surface area (Å²) in [5.74, 6) is -0.324. The zero-order chi connectivity index (χ0) is 13.0. The Balaban J connectivity index is 2.57. The van der Waals surface area contributed by atoms with Crippen LogP contribution < -0.4 is 5.32 Å². The van der Waals surface area contributed by atoms with E-state index in [1.165, 1.54) is 11.9 Å². The van der Waals surface area contributed by atoms with Crippen LogP contribution in [0, 0.1) is 0 Å². The smallest absolute Gasteiger partial charge is 0.246 e. The SMILES string of the molecule is COC(OC)C(C)NC1CCC(=O)N(C)C1=O. The first kappa shape index (κ1) is 14.1. The van der Waals surface area contributed by atoms with E-state index in [1.807, 2.05) is 6.92 Å². The standard InChI is InChI=1S/C11H20N2O4/c1-7(11(16-3)17-4)12-8-5-6-9(14)13(2)10(8)15/h7-8,11-12H,5-6H2,1-4H3. The summed E-state index contributed by atoms with van der Waals surface area (Å²) >= 11 is 0. The number of methoxy groups -OCH3 is 2. The largest absolute Gasteiger partial charge is 0.354 e. The third kappa shape index (κ3) is 3.24. The second-order valence-corrected chi connectivity index (χ2v) is 4.18. The number of ether oxygens (including phenoxy) is 2. The molecule has 1 aliphatic heterocycles. The van der Waals surface area contributed by atoms with Crippen molar-refractivity contribution in [1.82, 2.24) is 10.2 Å². The predicted molar refractivity (Wildman–Crippen MR) is 61.2 cm³/mol. The maximum Gasteiger partial charge on any atom is 0.246 e. The van der Waals surface area contributed by atoms with Gasteiger partial charge >= 0.3 is 0 Å². The fraction of sp³-hybridized carbons (Fsp3) is 0.818. The van der Waals surface area contributed by atoms with Gasteiger partial charge in [-0.15, -0.1) is 0 Å². The lowest BCUT2D eigenvalue weighted by Gasteiger charge is -2.32. The van der Waals surface area contributed by atoms with Crippen molar-refractivity contribution in [2.45, 2.75) is 38.1 Å². The Morgan fingerprint density at radius 1 is 1.35 bits per heavy atom. The fourth-order valence-corrected chi connectivity index (χ4v) is 1.97. The summed E-state index contributed by atoms with van der Waals surface area (Å²) in [6.45, 7) is 1.88. The number of nitrogens with one attached hydrogen (secondary N) is 1. The molecule has 0 bridgehead atoms. The van der Waals surface area contributed by atoms with E-state index in [0.717, 1.165) is 0 Å². The Morgan fingerprint density at radius 2 is 1.94 bits per heavy atom. The Morgan fingerprint density at radius 3 is 2.47 bits per heavy atom. The summed E-state index contributed by atoms with van der Waals surface area (Å²) in [7, 11) is 4.60. The van der Waals surface area contributed by atoms with E-state index in [0.29, 0.717) is 12.8 Å². The monoisotopic (exact) mass is 244 g/mol. The molecule has 6 nitrogen and oxygen atoms in total. The van der Waals surface area contributed by atoms with Crippen molar-refractivity contribution in [1.29, 1.82) is 0 Å². The number of hydrogen-bond acceptors (Lipinski definition) is 5. The second-order valence-electron chi connectivity index (χ2n) is 4.18. The number of imide groups is 1.